The van der Waals surface area contributed by atoms with E-state index in [1.165, 1.54) is 0 Å². The normalized spacial score (nSPS) is 10.6. The first-order valence-electron chi connectivity index (χ1n) is 9.12. The maximum absolute atomic E-state index is 5.52. The van der Waals surface area contributed by atoms with Crippen molar-refractivity contribution < 1.29 is 14.2 Å². The summed E-state index contributed by atoms with van der Waals surface area (Å²) in [6.07, 6.45) is 0. The van der Waals surface area contributed by atoms with Crippen molar-refractivity contribution in [3.8, 4) is 28.5 Å². The highest BCUT2D eigenvalue weighted by Crippen LogP contribution is 2.39. The number of methoxy groups -OCH3 is 3. The number of anilines is 2. The molecule has 146 valence electrons. The Labute approximate surface area is 169 Å². The van der Waals surface area contributed by atoms with E-state index in [0.717, 1.165) is 33.5 Å². The lowest BCUT2D eigenvalue weighted by molar-refractivity contribution is 0.356. The number of nitrogens with zero attached hydrogens (tertiary/aromatic N) is 2. The van der Waals surface area contributed by atoms with Crippen molar-refractivity contribution in [2.45, 2.75) is 0 Å². The summed E-state index contributed by atoms with van der Waals surface area (Å²) in [6.45, 7) is 0. The molecule has 0 atom stereocenters. The van der Waals surface area contributed by atoms with Gasteiger partial charge in [-0.15, -0.1) is 10.2 Å². The van der Waals surface area contributed by atoms with E-state index in [1.807, 2.05) is 66.7 Å². The second-order valence-electron chi connectivity index (χ2n) is 6.37. The number of hydrogen-bond acceptors (Lipinski definition) is 6. The monoisotopic (exact) mass is 387 g/mol. The van der Waals surface area contributed by atoms with Gasteiger partial charge in [-0.1, -0.05) is 18.2 Å². The minimum Gasteiger partial charge on any atom is -0.497 e. The maximum atomic E-state index is 5.52. The van der Waals surface area contributed by atoms with Gasteiger partial charge in [-0.3, -0.25) is 0 Å². The first kappa shape index (κ1) is 18.6. The van der Waals surface area contributed by atoms with Crippen LogP contribution in [-0.2, 0) is 0 Å². The minimum atomic E-state index is 0.629. The molecule has 0 aliphatic rings. The lowest BCUT2D eigenvalue weighted by atomic mass is 10.0. The summed E-state index contributed by atoms with van der Waals surface area (Å²) in [5.41, 5.74) is 2.61. The van der Waals surface area contributed by atoms with E-state index in [4.69, 9.17) is 14.2 Å². The van der Waals surface area contributed by atoms with E-state index < -0.39 is 0 Å². The SMILES string of the molecule is COc1ccc(-c2nnc(Nc3ccccc3)c3cc(OC)c(OC)cc23)cc1. The smallest absolute Gasteiger partial charge is 0.161 e. The Kier molecular flexibility index (Phi) is 5.16. The van der Waals surface area contributed by atoms with Gasteiger partial charge < -0.3 is 19.5 Å². The van der Waals surface area contributed by atoms with Crippen molar-refractivity contribution in [2.24, 2.45) is 0 Å². The molecular weight excluding hydrogens is 366 g/mol. The van der Waals surface area contributed by atoms with Crippen LogP contribution in [0.1, 0.15) is 0 Å². The molecule has 0 spiro atoms. The first-order chi connectivity index (χ1) is 14.2. The fourth-order valence-electron chi connectivity index (χ4n) is 3.19. The van der Waals surface area contributed by atoms with Gasteiger partial charge in [-0.25, -0.2) is 0 Å². The van der Waals surface area contributed by atoms with Gasteiger partial charge in [0.15, 0.2) is 17.3 Å². The molecule has 6 heteroatoms. The van der Waals surface area contributed by atoms with Crippen LogP contribution >= 0.6 is 0 Å². The second-order valence-corrected chi connectivity index (χ2v) is 6.37. The molecule has 0 fully saturated rings. The van der Waals surface area contributed by atoms with Gasteiger partial charge in [0, 0.05) is 22.0 Å². The summed E-state index contributed by atoms with van der Waals surface area (Å²) in [6, 6.07) is 21.4. The summed E-state index contributed by atoms with van der Waals surface area (Å²) in [5, 5.41) is 14.1. The molecule has 1 N–H and O–H groups in total. The molecule has 1 heterocycles. The van der Waals surface area contributed by atoms with E-state index in [9.17, 15) is 0 Å². The van der Waals surface area contributed by atoms with Crippen LogP contribution in [0.3, 0.4) is 0 Å². The molecule has 0 saturated heterocycles. The second kappa shape index (κ2) is 8.06. The summed E-state index contributed by atoms with van der Waals surface area (Å²) in [7, 11) is 4.88. The van der Waals surface area contributed by atoms with Crippen LogP contribution in [0.15, 0.2) is 66.7 Å². The van der Waals surface area contributed by atoms with Crippen molar-refractivity contribution in [1.82, 2.24) is 10.2 Å². The number of fused-ring (bicyclic) bond motifs is 1. The fraction of sp³-hybridized carbons (Fsp3) is 0.130. The number of hydrogen-bond donors (Lipinski definition) is 1. The largest absolute Gasteiger partial charge is 0.497 e. The minimum absolute atomic E-state index is 0.629. The zero-order valence-electron chi connectivity index (χ0n) is 16.5. The summed E-state index contributed by atoms with van der Waals surface area (Å²) in [4.78, 5) is 0. The predicted molar refractivity (Wildman–Crippen MR) is 114 cm³/mol. The summed E-state index contributed by atoms with van der Waals surface area (Å²) < 4.78 is 16.3. The molecule has 0 bridgehead atoms. The average molecular weight is 387 g/mol. The zero-order chi connectivity index (χ0) is 20.2. The van der Waals surface area contributed by atoms with Gasteiger partial charge in [0.2, 0.25) is 0 Å². The predicted octanol–water partition coefficient (Wildman–Crippen LogP) is 5.07. The Morgan fingerprint density at radius 1 is 0.690 bits per heavy atom. The van der Waals surface area contributed by atoms with Crippen LogP contribution < -0.4 is 19.5 Å². The molecule has 0 radical (unpaired) electrons. The molecule has 1 aromatic heterocycles. The quantitative estimate of drug-likeness (QED) is 0.498. The van der Waals surface area contributed by atoms with E-state index in [2.05, 4.69) is 15.5 Å². The number of rotatable bonds is 6. The van der Waals surface area contributed by atoms with Crippen LogP contribution in [-0.4, -0.2) is 31.5 Å². The standard InChI is InChI=1S/C23H21N3O3/c1-27-17-11-9-15(10-12-17)22-18-13-20(28-2)21(29-3)14-19(18)23(26-25-22)24-16-7-5-4-6-8-16/h4-14H,1-3H3,(H,24,26). The topological polar surface area (TPSA) is 65.5 Å². The third kappa shape index (κ3) is 3.65. The van der Waals surface area contributed by atoms with Gasteiger partial charge >= 0.3 is 0 Å². The highest BCUT2D eigenvalue weighted by atomic mass is 16.5. The molecule has 6 nitrogen and oxygen atoms in total. The fourth-order valence-corrected chi connectivity index (χ4v) is 3.19. The molecule has 4 rings (SSSR count). The molecule has 0 aliphatic carbocycles. The average Bonchev–Trinajstić information content (AvgIpc) is 2.79. The Morgan fingerprint density at radius 2 is 1.34 bits per heavy atom. The summed E-state index contributed by atoms with van der Waals surface area (Å²) in [5.74, 6) is 2.69. The van der Waals surface area contributed by atoms with Gasteiger partial charge in [-0.05, 0) is 48.5 Å². The lowest BCUT2D eigenvalue weighted by Crippen LogP contribution is -2.00. The zero-order valence-corrected chi connectivity index (χ0v) is 16.5. The van der Waals surface area contributed by atoms with Crippen LogP contribution in [0.2, 0.25) is 0 Å². The number of aromatic nitrogens is 2. The molecule has 0 amide bonds. The molecule has 0 saturated carbocycles. The van der Waals surface area contributed by atoms with Crippen molar-refractivity contribution in [3.63, 3.8) is 0 Å². The van der Waals surface area contributed by atoms with E-state index in [-0.39, 0.29) is 0 Å². The first-order valence-corrected chi connectivity index (χ1v) is 9.12. The maximum Gasteiger partial charge on any atom is 0.161 e. The van der Waals surface area contributed by atoms with Crippen LogP contribution in [0.25, 0.3) is 22.0 Å². The number of nitrogens with one attached hydrogen (secondary N) is 1. The lowest BCUT2D eigenvalue weighted by Gasteiger charge is -2.15. The van der Waals surface area contributed by atoms with Crippen LogP contribution in [0.4, 0.5) is 11.5 Å². The van der Waals surface area contributed by atoms with Crippen molar-refractivity contribution in [3.05, 3.63) is 66.7 Å². The Balaban J connectivity index is 1.91. The van der Waals surface area contributed by atoms with E-state index in [0.29, 0.717) is 17.3 Å². The Hall–Kier alpha value is -3.80. The number of benzene rings is 3. The third-order valence-electron chi connectivity index (χ3n) is 4.68. The van der Waals surface area contributed by atoms with Crippen molar-refractivity contribution >= 4 is 22.3 Å². The van der Waals surface area contributed by atoms with Crippen molar-refractivity contribution in [2.75, 3.05) is 26.6 Å². The molecule has 29 heavy (non-hydrogen) atoms. The van der Waals surface area contributed by atoms with Crippen LogP contribution in [0, 0.1) is 0 Å². The van der Waals surface area contributed by atoms with Gasteiger partial charge in [0.05, 0.1) is 21.3 Å². The molecule has 4 aromatic rings. The Bertz CT molecular complexity index is 1130. The third-order valence-corrected chi connectivity index (χ3v) is 4.68. The van der Waals surface area contributed by atoms with Gasteiger partial charge in [-0.2, -0.15) is 0 Å². The van der Waals surface area contributed by atoms with Gasteiger partial charge in [0.25, 0.3) is 0 Å². The van der Waals surface area contributed by atoms with Crippen LogP contribution in [0.5, 0.6) is 17.2 Å². The molecule has 3 aromatic carbocycles. The van der Waals surface area contributed by atoms with E-state index in [1.54, 1.807) is 21.3 Å². The van der Waals surface area contributed by atoms with E-state index >= 15 is 0 Å². The van der Waals surface area contributed by atoms with Crippen molar-refractivity contribution in [1.29, 1.82) is 0 Å². The Morgan fingerprint density at radius 3 is 1.97 bits per heavy atom. The molecular formula is C23H21N3O3. The molecule has 0 unspecified atom stereocenters. The number of ether oxygens (including phenoxy) is 3. The van der Waals surface area contributed by atoms with Gasteiger partial charge in [0.1, 0.15) is 11.4 Å². The molecule has 0 aliphatic heterocycles. The highest BCUT2D eigenvalue weighted by Gasteiger charge is 2.16. The highest BCUT2D eigenvalue weighted by molar-refractivity contribution is 6.02. The summed E-state index contributed by atoms with van der Waals surface area (Å²) >= 11 is 0. The number of para-hydroxylation sites is 1.